The number of nitrogens with one attached hydrogen (secondary N) is 1. The van der Waals surface area contributed by atoms with E-state index < -0.39 is 0 Å². The molecule has 1 aliphatic heterocycles. The maximum absolute atomic E-state index is 13.8. The highest BCUT2D eigenvalue weighted by molar-refractivity contribution is 6.31. The molecular weight excluding hydrogens is 269 g/mol. The average Bonchev–Trinajstić information content (AvgIpc) is 2.43. The van der Waals surface area contributed by atoms with Crippen LogP contribution in [0.4, 0.5) is 4.39 Å². The monoisotopic (exact) mass is 287 g/mol. The summed E-state index contributed by atoms with van der Waals surface area (Å²) in [6, 6.07) is 4.76. The van der Waals surface area contributed by atoms with Crippen molar-refractivity contribution in [2.45, 2.75) is 25.5 Å². The Bertz CT molecular complexity index is 390. The van der Waals surface area contributed by atoms with Crippen LogP contribution < -0.4 is 5.32 Å². The highest BCUT2D eigenvalue weighted by atomic mass is 35.5. The van der Waals surface area contributed by atoms with Crippen LogP contribution in [0.15, 0.2) is 18.2 Å². The molecule has 0 bridgehead atoms. The van der Waals surface area contributed by atoms with Crippen LogP contribution in [0.5, 0.6) is 0 Å². The molecule has 2 rings (SSSR count). The number of likely N-dealkylation sites (N-methyl/N-ethyl adjacent to an activating group) is 1. The van der Waals surface area contributed by atoms with E-state index in [0.29, 0.717) is 36.8 Å². The molecule has 2 unspecified atom stereocenters. The Kier molecular flexibility index (Phi) is 5.58. The summed E-state index contributed by atoms with van der Waals surface area (Å²) in [6.45, 7) is 4.54. The fourth-order valence-electron chi connectivity index (χ4n) is 2.28. The lowest BCUT2D eigenvalue weighted by atomic mass is 10.0. The van der Waals surface area contributed by atoms with Crippen LogP contribution in [0.2, 0.25) is 5.02 Å². The molecule has 0 amide bonds. The summed E-state index contributed by atoms with van der Waals surface area (Å²) in [7, 11) is 0. The lowest BCUT2D eigenvalue weighted by Gasteiger charge is -2.31. The molecule has 5 heteroatoms. The number of hydrogen-bond acceptors (Lipinski definition) is 3. The molecule has 1 heterocycles. The van der Waals surface area contributed by atoms with Gasteiger partial charge in [0.15, 0.2) is 0 Å². The van der Waals surface area contributed by atoms with Crippen molar-refractivity contribution < 1.29 is 13.9 Å². The SMILES string of the molecule is CCNC(Cc1c(F)cccc1Cl)C1COCCO1. The van der Waals surface area contributed by atoms with Crippen LogP contribution >= 0.6 is 11.6 Å². The Morgan fingerprint density at radius 3 is 2.95 bits per heavy atom. The predicted molar refractivity (Wildman–Crippen MR) is 73.1 cm³/mol. The first-order chi connectivity index (χ1) is 9.22. The van der Waals surface area contributed by atoms with Crippen molar-refractivity contribution in [1.82, 2.24) is 5.32 Å². The lowest BCUT2D eigenvalue weighted by molar-refractivity contribution is -0.101. The largest absolute Gasteiger partial charge is 0.376 e. The van der Waals surface area contributed by atoms with E-state index in [2.05, 4.69) is 5.32 Å². The highest BCUT2D eigenvalue weighted by Crippen LogP contribution is 2.22. The first kappa shape index (κ1) is 14.7. The van der Waals surface area contributed by atoms with Gasteiger partial charge in [0, 0.05) is 16.6 Å². The fraction of sp³-hybridized carbons (Fsp3) is 0.571. The number of halogens is 2. The second-order valence-electron chi connectivity index (χ2n) is 4.55. The summed E-state index contributed by atoms with van der Waals surface area (Å²) in [4.78, 5) is 0. The molecule has 1 fully saturated rings. The van der Waals surface area contributed by atoms with Gasteiger partial charge in [0.25, 0.3) is 0 Å². The Labute approximate surface area is 118 Å². The van der Waals surface area contributed by atoms with Gasteiger partial charge in [-0.05, 0) is 25.1 Å². The van der Waals surface area contributed by atoms with Gasteiger partial charge in [-0.25, -0.2) is 4.39 Å². The standard InChI is InChI=1S/C14H19ClFNO2/c1-2-17-13(14-9-18-6-7-19-14)8-10-11(15)4-3-5-12(10)16/h3-5,13-14,17H,2,6-9H2,1H3. The zero-order valence-electron chi connectivity index (χ0n) is 11.0. The van der Waals surface area contributed by atoms with Gasteiger partial charge in [0.05, 0.1) is 25.9 Å². The van der Waals surface area contributed by atoms with E-state index in [1.807, 2.05) is 6.92 Å². The maximum Gasteiger partial charge on any atom is 0.127 e. The molecule has 2 atom stereocenters. The topological polar surface area (TPSA) is 30.5 Å². The zero-order valence-corrected chi connectivity index (χ0v) is 11.8. The number of rotatable bonds is 5. The molecular formula is C14H19ClFNO2. The smallest absolute Gasteiger partial charge is 0.127 e. The highest BCUT2D eigenvalue weighted by Gasteiger charge is 2.26. The minimum absolute atomic E-state index is 0.000278. The van der Waals surface area contributed by atoms with Gasteiger partial charge in [-0.2, -0.15) is 0 Å². The molecule has 0 spiro atoms. The first-order valence-electron chi connectivity index (χ1n) is 6.58. The molecule has 1 saturated heterocycles. The van der Waals surface area contributed by atoms with Crippen LogP contribution in [0.25, 0.3) is 0 Å². The summed E-state index contributed by atoms with van der Waals surface area (Å²) in [6.07, 6.45) is 0.428. The molecule has 1 N–H and O–H groups in total. The third-order valence-corrected chi connectivity index (χ3v) is 3.60. The van der Waals surface area contributed by atoms with Crippen LogP contribution in [-0.2, 0) is 15.9 Å². The van der Waals surface area contributed by atoms with E-state index in [0.717, 1.165) is 6.54 Å². The minimum atomic E-state index is -0.271. The van der Waals surface area contributed by atoms with Crippen molar-refractivity contribution in [1.29, 1.82) is 0 Å². The summed E-state index contributed by atoms with van der Waals surface area (Å²) >= 11 is 6.07. The van der Waals surface area contributed by atoms with E-state index in [-0.39, 0.29) is 18.0 Å². The molecule has 1 aromatic rings. The fourth-order valence-corrected chi connectivity index (χ4v) is 2.52. The third-order valence-electron chi connectivity index (χ3n) is 3.24. The van der Waals surface area contributed by atoms with E-state index >= 15 is 0 Å². The van der Waals surface area contributed by atoms with E-state index in [4.69, 9.17) is 21.1 Å². The molecule has 1 aliphatic rings. The Balaban J connectivity index is 2.11. The van der Waals surface area contributed by atoms with Crippen LogP contribution in [0.3, 0.4) is 0 Å². The summed E-state index contributed by atoms with van der Waals surface area (Å²) in [5, 5.41) is 3.78. The Morgan fingerprint density at radius 1 is 1.47 bits per heavy atom. The van der Waals surface area contributed by atoms with Gasteiger partial charge in [-0.3, -0.25) is 0 Å². The molecule has 1 aromatic carbocycles. The number of benzene rings is 1. The molecule has 106 valence electrons. The van der Waals surface area contributed by atoms with Crippen molar-refractivity contribution in [2.75, 3.05) is 26.4 Å². The van der Waals surface area contributed by atoms with Gasteiger partial charge in [0.2, 0.25) is 0 Å². The van der Waals surface area contributed by atoms with Crippen molar-refractivity contribution >= 4 is 11.6 Å². The normalized spacial score (nSPS) is 21.3. The molecule has 3 nitrogen and oxygen atoms in total. The molecule has 19 heavy (non-hydrogen) atoms. The van der Waals surface area contributed by atoms with Crippen LogP contribution in [-0.4, -0.2) is 38.5 Å². The first-order valence-corrected chi connectivity index (χ1v) is 6.95. The quantitative estimate of drug-likeness (QED) is 0.902. The van der Waals surface area contributed by atoms with Crippen molar-refractivity contribution in [3.63, 3.8) is 0 Å². The van der Waals surface area contributed by atoms with Crippen molar-refractivity contribution in [2.24, 2.45) is 0 Å². The van der Waals surface area contributed by atoms with Gasteiger partial charge in [-0.15, -0.1) is 0 Å². The lowest BCUT2D eigenvalue weighted by Crippen LogP contribution is -2.48. The summed E-state index contributed by atoms with van der Waals surface area (Å²) in [5.74, 6) is -0.271. The van der Waals surface area contributed by atoms with E-state index in [1.54, 1.807) is 12.1 Å². The van der Waals surface area contributed by atoms with Gasteiger partial charge in [0.1, 0.15) is 5.82 Å². The second-order valence-corrected chi connectivity index (χ2v) is 4.96. The van der Waals surface area contributed by atoms with Gasteiger partial charge >= 0.3 is 0 Å². The van der Waals surface area contributed by atoms with E-state index in [1.165, 1.54) is 6.07 Å². The Morgan fingerprint density at radius 2 is 2.32 bits per heavy atom. The second kappa shape index (κ2) is 7.20. The van der Waals surface area contributed by atoms with Crippen LogP contribution in [0.1, 0.15) is 12.5 Å². The predicted octanol–water partition coefficient (Wildman–Crippen LogP) is 2.42. The van der Waals surface area contributed by atoms with Gasteiger partial charge in [-0.1, -0.05) is 24.6 Å². The van der Waals surface area contributed by atoms with Crippen molar-refractivity contribution in [3.8, 4) is 0 Å². The maximum atomic E-state index is 13.8. The molecule has 0 aromatic heterocycles. The summed E-state index contributed by atoms with van der Waals surface area (Å²) in [5.41, 5.74) is 0.532. The zero-order chi connectivity index (χ0) is 13.7. The van der Waals surface area contributed by atoms with Gasteiger partial charge < -0.3 is 14.8 Å². The van der Waals surface area contributed by atoms with Crippen molar-refractivity contribution in [3.05, 3.63) is 34.6 Å². The molecule has 0 saturated carbocycles. The average molecular weight is 288 g/mol. The third kappa shape index (κ3) is 3.89. The van der Waals surface area contributed by atoms with Crippen LogP contribution in [0, 0.1) is 5.82 Å². The molecule has 0 aliphatic carbocycles. The number of hydrogen-bond donors (Lipinski definition) is 1. The number of ether oxygens (including phenoxy) is 2. The molecule has 0 radical (unpaired) electrons. The van der Waals surface area contributed by atoms with E-state index in [9.17, 15) is 4.39 Å². The minimum Gasteiger partial charge on any atom is -0.376 e. The summed E-state index contributed by atoms with van der Waals surface area (Å²) < 4.78 is 24.9. The Hall–Kier alpha value is -0.680.